The zero-order valence-corrected chi connectivity index (χ0v) is 15.0. The van der Waals surface area contributed by atoms with Gasteiger partial charge in [-0.2, -0.15) is 11.8 Å². The first kappa shape index (κ1) is 17.6. The van der Waals surface area contributed by atoms with E-state index in [0.29, 0.717) is 6.04 Å². The zero-order chi connectivity index (χ0) is 15.3. The number of nitrogens with zero attached hydrogens (tertiary/aromatic N) is 1. The summed E-state index contributed by atoms with van der Waals surface area (Å²) in [5.41, 5.74) is 6.36. The molecule has 2 aliphatic heterocycles. The minimum atomic E-state index is 0.188. The summed E-state index contributed by atoms with van der Waals surface area (Å²) in [6.07, 6.45) is 6.13. The maximum Gasteiger partial charge on any atom is 0.0713 e. The summed E-state index contributed by atoms with van der Waals surface area (Å²) in [6.45, 7) is 10.9. The highest BCUT2D eigenvalue weighted by atomic mass is 32.2. The smallest absolute Gasteiger partial charge is 0.0713 e. The van der Waals surface area contributed by atoms with Gasteiger partial charge >= 0.3 is 0 Å². The van der Waals surface area contributed by atoms with Gasteiger partial charge in [-0.05, 0) is 62.1 Å². The van der Waals surface area contributed by atoms with E-state index in [9.17, 15) is 0 Å². The van der Waals surface area contributed by atoms with Crippen molar-refractivity contribution in [1.82, 2.24) is 4.90 Å². The van der Waals surface area contributed by atoms with Gasteiger partial charge in [0.1, 0.15) is 0 Å². The Balaban J connectivity index is 2.01. The van der Waals surface area contributed by atoms with Gasteiger partial charge in [0.05, 0.1) is 5.60 Å². The number of ether oxygens (including phenoxy) is 1. The number of hydrogen-bond acceptors (Lipinski definition) is 4. The Labute approximate surface area is 135 Å². The molecule has 3 nitrogen and oxygen atoms in total. The maximum absolute atomic E-state index is 6.26. The Kier molecular flexibility index (Phi) is 6.42. The van der Waals surface area contributed by atoms with Crippen molar-refractivity contribution >= 4 is 11.8 Å². The number of rotatable bonds is 6. The van der Waals surface area contributed by atoms with Crippen LogP contribution in [0.4, 0.5) is 0 Å². The second kappa shape index (κ2) is 7.67. The average molecular weight is 315 g/mol. The topological polar surface area (TPSA) is 38.5 Å². The van der Waals surface area contributed by atoms with Gasteiger partial charge in [-0.15, -0.1) is 0 Å². The summed E-state index contributed by atoms with van der Waals surface area (Å²) in [7, 11) is 0. The van der Waals surface area contributed by atoms with E-state index in [1.165, 1.54) is 50.2 Å². The van der Waals surface area contributed by atoms with Crippen LogP contribution < -0.4 is 5.73 Å². The van der Waals surface area contributed by atoms with E-state index in [0.717, 1.165) is 19.7 Å². The summed E-state index contributed by atoms with van der Waals surface area (Å²) in [5.74, 6) is 2.55. The lowest BCUT2D eigenvalue weighted by atomic mass is 9.83. The van der Waals surface area contributed by atoms with Crippen molar-refractivity contribution in [2.24, 2.45) is 11.1 Å². The Morgan fingerprint density at radius 1 is 1.33 bits per heavy atom. The van der Waals surface area contributed by atoms with Crippen molar-refractivity contribution in [1.29, 1.82) is 0 Å². The molecule has 4 heteroatoms. The summed E-state index contributed by atoms with van der Waals surface area (Å²) in [5, 5.41) is 0. The van der Waals surface area contributed by atoms with Crippen LogP contribution in [0, 0.1) is 5.41 Å². The quantitative estimate of drug-likeness (QED) is 0.817. The summed E-state index contributed by atoms with van der Waals surface area (Å²) in [6, 6.07) is 0.688. The van der Waals surface area contributed by atoms with Crippen LogP contribution >= 0.6 is 11.8 Å². The Bertz CT molecular complexity index is 310. The summed E-state index contributed by atoms with van der Waals surface area (Å²) in [4.78, 5) is 2.71. The Hall–Kier alpha value is 0.230. The molecule has 0 saturated carbocycles. The fourth-order valence-corrected chi connectivity index (χ4v) is 4.93. The first-order valence-electron chi connectivity index (χ1n) is 8.66. The lowest BCUT2D eigenvalue weighted by Crippen LogP contribution is -2.52. The van der Waals surface area contributed by atoms with Crippen molar-refractivity contribution in [3.05, 3.63) is 0 Å². The van der Waals surface area contributed by atoms with Crippen molar-refractivity contribution < 1.29 is 4.74 Å². The minimum Gasteiger partial charge on any atom is -0.375 e. The molecule has 2 saturated heterocycles. The molecule has 0 aromatic carbocycles. The molecule has 0 aromatic rings. The van der Waals surface area contributed by atoms with Gasteiger partial charge in [-0.25, -0.2) is 0 Å². The highest BCUT2D eigenvalue weighted by Crippen LogP contribution is 2.39. The highest BCUT2D eigenvalue weighted by Gasteiger charge is 2.40. The van der Waals surface area contributed by atoms with E-state index in [4.69, 9.17) is 10.5 Å². The minimum absolute atomic E-state index is 0.188. The van der Waals surface area contributed by atoms with Crippen LogP contribution in [-0.2, 0) is 4.74 Å². The third-order valence-electron chi connectivity index (χ3n) is 5.08. The lowest BCUT2D eigenvalue weighted by molar-refractivity contribution is -0.113. The lowest BCUT2D eigenvalue weighted by Gasteiger charge is -2.47. The molecule has 2 N–H and O–H groups in total. The first-order valence-corrected chi connectivity index (χ1v) is 9.82. The largest absolute Gasteiger partial charge is 0.375 e. The van der Waals surface area contributed by atoms with E-state index in [1.54, 1.807) is 0 Å². The van der Waals surface area contributed by atoms with Crippen LogP contribution in [0.15, 0.2) is 0 Å². The summed E-state index contributed by atoms with van der Waals surface area (Å²) < 4.78 is 6.26. The van der Waals surface area contributed by atoms with Gasteiger partial charge in [-0.1, -0.05) is 20.8 Å². The van der Waals surface area contributed by atoms with Gasteiger partial charge in [0.15, 0.2) is 0 Å². The predicted molar refractivity (Wildman–Crippen MR) is 93.0 cm³/mol. The van der Waals surface area contributed by atoms with E-state index < -0.39 is 0 Å². The van der Waals surface area contributed by atoms with Crippen LogP contribution in [0.5, 0.6) is 0 Å². The molecule has 2 heterocycles. The molecule has 0 amide bonds. The average Bonchev–Trinajstić information content (AvgIpc) is 2.47. The predicted octanol–water partition coefficient (Wildman–Crippen LogP) is 3.13. The van der Waals surface area contributed by atoms with Gasteiger partial charge in [0.2, 0.25) is 0 Å². The molecule has 2 aliphatic rings. The van der Waals surface area contributed by atoms with Crippen LogP contribution in [0.25, 0.3) is 0 Å². The Morgan fingerprint density at radius 3 is 2.67 bits per heavy atom. The fraction of sp³-hybridized carbons (Fsp3) is 1.00. The monoisotopic (exact) mass is 314 g/mol. The Morgan fingerprint density at radius 2 is 2.05 bits per heavy atom. The molecular weight excluding hydrogens is 280 g/mol. The third kappa shape index (κ3) is 4.85. The third-order valence-corrected chi connectivity index (χ3v) is 6.07. The van der Waals surface area contributed by atoms with Crippen molar-refractivity contribution in [3.63, 3.8) is 0 Å². The van der Waals surface area contributed by atoms with E-state index >= 15 is 0 Å². The second-order valence-electron chi connectivity index (χ2n) is 7.63. The molecule has 0 aromatic heterocycles. The highest BCUT2D eigenvalue weighted by molar-refractivity contribution is 7.99. The molecule has 0 bridgehead atoms. The van der Waals surface area contributed by atoms with Gasteiger partial charge < -0.3 is 10.5 Å². The second-order valence-corrected chi connectivity index (χ2v) is 8.85. The van der Waals surface area contributed by atoms with Crippen molar-refractivity contribution in [2.45, 2.75) is 64.5 Å². The zero-order valence-electron chi connectivity index (χ0n) is 14.2. The molecular formula is C17H34N2OS. The van der Waals surface area contributed by atoms with E-state index in [1.807, 2.05) is 0 Å². The number of nitrogens with two attached hydrogens (primary N) is 1. The first-order chi connectivity index (χ1) is 10.0. The van der Waals surface area contributed by atoms with Crippen LogP contribution in [0.3, 0.4) is 0 Å². The molecule has 124 valence electrons. The number of hydrogen-bond donors (Lipinski definition) is 1. The SMILES string of the molecule is CCCN(CC(C)(C)CN)C1CCOC2(CCSCC2)C1. The van der Waals surface area contributed by atoms with Crippen molar-refractivity contribution in [2.75, 3.05) is 37.7 Å². The molecule has 1 atom stereocenters. The van der Waals surface area contributed by atoms with Gasteiger partial charge in [0.25, 0.3) is 0 Å². The number of thioether (sulfide) groups is 1. The molecule has 1 spiro atoms. The van der Waals surface area contributed by atoms with Crippen molar-refractivity contribution in [3.8, 4) is 0 Å². The van der Waals surface area contributed by atoms with Crippen LogP contribution in [-0.4, -0.2) is 54.3 Å². The molecule has 21 heavy (non-hydrogen) atoms. The van der Waals surface area contributed by atoms with Gasteiger partial charge in [-0.3, -0.25) is 4.90 Å². The normalized spacial score (nSPS) is 26.4. The van der Waals surface area contributed by atoms with E-state index in [2.05, 4.69) is 37.4 Å². The van der Waals surface area contributed by atoms with E-state index in [-0.39, 0.29) is 11.0 Å². The van der Waals surface area contributed by atoms with Gasteiger partial charge in [0, 0.05) is 19.2 Å². The molecule has 0 aliphatic carbocycles. The van der Waals surface area contributed by atoms with Crippen LogP contribution in [0.1, 0.15) is 52.9 Å². The molecule has 0 radical (unpaired) electrons. The molecule has 2 rings (SSSR count). The molecule has 2 fully saturated rings. The summed E-state index contributed by atoms with van der Waals surface area (Å²) >= 11 is 2.09. The van der Waals surface area contributed by atoms with Crippen LogP contribution in [0.2, 0.25) is 0 Å². The maximum atomic E-state index is 6.26. The molecule has 1 unspecified atom stereocenters. The fourth-order valence-electron chi connectivity index (χ4n) is 3.70. The standard InChI is InChI=1S/C17H34N2OS/c1-4-8-19(14-16(2,3)13-18)15-5-9-20-17(12-15)6-10-21-11-7-17/h15H,4-14,18H2,1-3H3.